The maximum atomic E-state index is 5.91. The van der Waals surface area contributed by atoms with Crippen molar-refractivity contribution < 1.29 is 0 Å². The first-order valence-electron chi connectivity index (χ1n) is 4.22. The van der Waals surface area contributed by atoms with Gasteiger partial charge in [-0.1, -0.05) is 24.3 Å². The summed E-state index contributed by atoms with van der Waals surface area (Å²) in [4.78, 5) is 1.31. The molecule has 1 aromatic carbocycles. The van der Waals surface area contributed by atoms with Gasteiger partial charge < -0.3 is 0 Å². The standard InChI is InChI=1S/C10H14ClSSi/c1-12-9-4-5-10(13(2)3)8(6-9)7-11/h4-6H,7H2,1-3H3. The third-order valence-electron chi connectivity index (χ3n) is 2.00. The average Bonchev–Trinajstić information content (AvgIpc) is 2.16. The van der Waals surface area contributed by atoms with Gasteiger partial charge in [-0.2, -0.15) is 0 Å². The van der Waals surface area contributed by atoms with Crippen molar-refractivity contribution in [2.75, 3.05) is 6.26 Å². The molecule has 0 aliphatic heterocycles. The SMILES string of the molecule is CSc1ccc([Si](C)C)c(CCl)c1. The van der Waals surface area contributed by atoms with Crippen LogP contribution >= 0.6 is 23.4 Å². The van der Waals surface area contributed by atoms with Crippen LogP contribution in [-0.2, 0) is 5.88 Å². The lowest BCUT2D eigenvalue weighted by atomic mass is 10.2. The molecule has 1 radical (unpaired) electrons. The molecule has 0 bridgehead atoms. The van der Waals surface area contributed by atoms with E-state index in [1.54, 1.807) is 11.8 Å². The Morgan fingerprint density at radius 1 is 1.38 bits per heavy atom. The van der Waals surface area contributed by atoms with E-state index in [2.05, 4.69) is 37.5 Å². The number of alkyl halides is 1. The summed E-state index contributed by atoms with van der Waals surface area (Å²) in [6.45, 7) is 4.60. The first kappa shape index (κ1) is 11.2. The minimum Gasteiger partial charge on any atom is -0.130 e. The van der Waals surface area contributed by atoms with Crippen LogP contribution in [0.1, 0.15) is 5.56 Å². The van der Waals surface area contributed by atoms with Gasteiger partial charge in [-0.15, -0.1) is 23.4 Å². The van der Waals surface area contributed by atoms with Gasteiger partial charge in [-0.05, 0) is 24.0 Å². The predicted octanol–water partition coefficient (Wildman–Crippen LogP) is 3.11. The highest BCUT2D eigenvalue weighted by Crippen LogP contribution is 2.16. The van der Waals surface area contributed by atoms with E-state index >= 15 is 0 Å². The second kappa shape index (κ2) is 5.08. The third kappa shape index (κ3) is 2.76. The van der Waals surface area contributed by atoms with E-state index in [9.17, 15) is 0 Å². The molecule has 0 aliphatic rings. The summed E-state index contributed by atoms with van der Waals surface area (Å²) < 4.78 is 0. The van der Waals surface area contributed by atoms with Gasteiger partial charge in [0.1, 0.15) is 0 Å². The van der Waals surface area contributed by atoms with Crippen molar-refractivity contribution in [2.45, 2.75) is 23.9 Å². The smallest absolute Gasteiger partial charge is 0.0795 e. The summed E-state index contributed by atoms with van der Waals surface area (Å²) >= 11 is 7.68. The van der Waals surface area contributed by atoms with Crippen molar-refractivity contribution in [1.29, 1.82) is 0 Å². The highest BCUT2D eigenvalue weighted by molar-refractivity contribution is 7.98. The van der Waals surface area contributed by atoms with Crippen LogP contribution in [0.4, 0.5) is 0 Å². The first-order chi connectivity index (χ1) is 6.19. The molecule has 0 atom stereocenters. The second-order valence-electron chi connectivity index (χ2n) is 3.16. The third-order valence-corrected chi connectivity index (χ3v) is 4.57. The molecule has 0 nitrogen and oxygen atoms in total. The number of hydrogen-bond acceptors (Lipinski definition) is 1. The molecule has 0 saturated heterocycles. The van der Waals surface area contributed by atoms with Gasteiger partial charge in [0.25, 0.3) is 0 Å². The zero-order valence-corrected chi connectivity index (χ0v) is 10.8. The van der Waals surface area contributed by atoms with Gasteiger partial charge in [-0.25, -0.2) is 0 Å². The van der Waals surface area contributed by atoms with Gasteiger partial charge in [0.05, 0.1) is 8.80 Å². The fourth-order valence-corrected chi connectivity index (χ4v) is 3.31. The first-order valence-corrected chi connectivity index (χ1v) is 8.48. The van der Waals surface area contributed by atoms with Crippen molar-refractivity contribution in [1.82, 2.24) is 0 Å². The molecular formula is C10H14ClSSi. The summed E-state index contributed by atoms with van der Waals surface area (Å²) in [5, 5.41) is 1.47. The second-order valence-corrected chi connectivity index (χ2v) is 6.84. The Morgan fingerprint density at radius 3 is 2.54 bits per heavy atom. The van der Waals surface area contributed by atoms with Crippen molar-refractivity contribution >= 4 is 37.3 Å². The molecule has 0 saturated carbocycles. The lowest BCUT2D eigenvalue weighted by Crippen LogP contribution is -2.26. The summed E-state index contributed by atoms with van der Waals surface area (Å²) in [6, 6.07) is 6.64. The molecule has 0 fully saturated rings. The highest BCUT2D eigenvalue weighted by atomic mass is 35.5. The van der Waals surface area contributed by atoms with Gasteiger partial charge in [0.2, 0.25) is 0 Å². The number of rotatable bonds is 3. The van der Waals surface area contributed by atoms with Crippen molar-refractivity contribution in [3.05, 3.63) is 23.8 Å². The Bertz CT molecular complexity index is 286. The summed E-state index contributed by atoms with van der Waals surface area (Å²) in [5.41, 5.74) is 1.31. The number of benzene rings is 1. The van der Waals surface area contributed by atoms with E-state index in [1.165, 1.54) is 15.6 Å². The predicted molar refractivity (Wildman–Crippen MR) is 64.9 cm³/mol. The van der Waals surface area contributed by atoms with Gasteiger partial charge in [0, 0.05) is 10.8 Å². The molecular weight excluding hydrogens is 216 g/mol. The fourth-order valence-electron chi connectivity index (χ4n) is 1.30. The lowest BCUT2D eigenvalue weighted by Gasteiger charge is -2.10. The van der Waals surface area contributed by atoms with Crippen LogP contribution in [-0.4, -0.2) is 15.1 Å². The molecule has 0 spiro atoms. The monoisotopic (exact) mass is 229 g/mol. The van der Waals surface area contributed by atoms with Gasteiger partial charge in [0.15, 0.2) is 0 Å². The summed E-state index contributed by atoms with van der Waals surface area (Å²) in [5.74, 6) is 0.638. The van der Waals surface area contributed by atoms with E-state index < -0.39 is 0 Å². The topological polar surface area (TPSA) is 0 Å². The van der Waals surface area contributed by atoms with Crippen LogP contribution in [0.25, 0.3) is 0 Å². The summed E-state index contributed by atoms with van der Waals surface area (Å²) in [7, 11) is -0.372. The normalized spacial score (nSPS) is 10.8. The minimum absolute atomic E-state index is 0.372. The Labute approximate surface area is 91.3 Å². The van der Waals surface area contributed by atoms with Crippen molar-refractivity contribution in [3.8, 4) is 0 Å². The van der Waals surface area contributed by atoms with Crippen LogP contribution < -0.4 is 5.19 Å². The van der Waals surface area contributed by atoms with Crippen LogP contribution in [0.15, 0.2) is 23.1 Å². The van der Waals surface area contributed by atoms with E-state index in [-0.39, 0.29) is 8.80 Å². The Hall–Kier alpha value is 0.0769. The van der Waals surface area contributed by atoms with Crippen LogP contribution in [0, 0.1) is 0 Å². The molecule has 0 N–H and O–H groups in total. The Balaban J connectivity index is 3.08. The van der Waals surface area contributed by atoms with Crippen LogP contribution in [0.5, 0.6) is 0 Å². The van der Waals surface area contributed by atoms with Gasteiger partial charge >= 0.3 is 0 Å². The largest absolute Gasteiger partial charge is 0.130 e. The minimum atomic E-state index is -0.372. The Morgan fingerprint density at radius 2 is 2.08 bits per heavy atom. The molecule has 13 heavy (non-hydrogen) atoms. The number of halogens is 1. The average molecular weight is 230 g/mol. The molecule has 1 aromatic rings. The zero-order chi connectivity index (χ0) is 9.84. The fraction of sp³-hybridized carbons (Fsp3) is 0.400. The zero-order valence-electron chi connectivity index (χ0n) is 8.23. The Kier molecular flexibility index (Phi) is 4.36. The molecule has 1 rings (SSSR count). The summed E-state index contributed by atoms with van der Waals surface area (Å²) in [6.07, 6.45) is 2.09. The molecule has 0 amide bonds. The molecule has 0 aliphatic carbocycles. The maximum Gasteiger partial charge on any atom is 0.0795 e. The van der Waals surface area contributed by atoms with Gasteiger partial charge in [-0.3, -0.25) is 0 Å². The number of thioether (sulfide) groups is 1. The van der Waals surface area contributed by atoms with E-state index in [4.69, 9.17) is 11.6 Å². The van der Waals surface area contributed by atoms with Crippen LogP contribution in [0.3, 0.4) is 0 Å². The van der Waals surface area contributed by atoms with Crippen molar-refractivity contribution in [3.63, 3.8) is 0 Å². The lowest BCUT2D eigenvalue weighted by molar-refractivity contribution is 1.35. The highest BCUT2D eigenvalue weighted by Gasteiger charge is 2.07. The molecule has 71 valence electrons. The molecule has 0 heterocycles. The molecule has 0 aromatic heterocycles. The molecule has 3 heteroatoms. The van der Waals surface area contributed by atoms with Crippen molar-refractivity contribution in [2.24, 2.45) is 0 Å². The van der Waals surface area contributed by atoms with Crippen LogP contribution in [0.2, 0.25) is 13.1 Å². The van der Waals surface area contributed by atoms with E-state index in [0.29, 0.717) is 5.88 Å². The van der Waals surface area contributed by atoms with E-state index in [1.807, 2.05) is 0 Å². The van der Waals surface area contributed by atoms with E-state index in [0.717, 1.165) is 0 Å². The molecule has 0 unspecified atom stereocenters. The number of hydrogen-bond donors (Lipinski definition) is 0. The maximum absolute atomic E-state index is 5.91. The quantitative estimate of drug-likeness (QED) is 0.436.